The molecular formula is C27H34Cl2N2O4S. The molecule has 1 atom stereocenters. The van der Waals surface area contributed by atoms with Crippen LogP contribution in [0.1, 0.15) is 67.8 Å². The molecule has 1 fully saturated rings. The summed E-state index contributed by atoms with van der Waals surface area (Å²) in [6.07, 6.45) is 7.73. The number of unbranched alkanes of at least 4 members (excludes halogenated alkanes) is 1. The number of halogens is 2. The van der Waals surface area contributed by atoms with Gasteiger partial charge in [-0.1, -0.05) is 60.7 Å². The Morgan fingerprint density at radius 1 is 1.00 bits per heavy atom. The van der Waals surface area contributed by atoms with Crippen LogP contribution in [0.4, 0.5) is 5.69 Å². The summed E-state index contributed by atoms with van der Waals surface area (Å²) in [7, 11) is -2.98. The predicted molar refractivity (Wildman–Crippen MR) is 147 cm³/mol. The molecule has 196 valence electrons. The minimum absolute atomic E-state index is 0.0617. The second-order valence-electron chi connectivity index (χ2n) is 9.90. The third-order valence-corrected chi connectivity index (χ3v) is 8.44. The van der Waals surface area contributed by atoms with Crippen molar-refractivity contribution in [2.45, 2.75) is 64.3 Å². The van der Waals surface area contributed by atoms with E-state index in [0.29, 0.717) is 18.5 Å². The number of rotatable bonds is 11. The van der Waals surface area contributed by atoms with Crippen molar-refractivity contribution in [3.63, 3.8) is 0 Å². The van der Waals surface area contributed by atoms with E-state index in [4.69, 9.17) is 23.2 Å². The van der Waals surface area contributed by atoms with Crippen LogP contribution >= 0.6 is 23.2 Å². The van der Waals surface area contributed by atoms with Gasteiger partial charge in [0.2, 0.25) is 5.91 Å². The van der Waals surface area contributed by atoms with Crippen LogP contribution in [0.2, 0.25) is 10.0 Å². The number of nitrogens with one attached hydrogen (secondary N) is 2. The van der Waals surface area contributed by atoms with Crippen molar-refractivity contribution in [2.24, 2.45) is 5.41 Å². The third-order valence-electron chi connectivity index (χ3n) is 6.78. The standard InChI is InChI=1S/C27H34Cl2N2O4S/c1-19(30-26(33)27(14-3-4-15-27)16-5-6-17-36(2,34)35)18-20-10-12-21(13-11-20)31-25(32)24-22(28)8-7-9-23(24)29/h7-13,19H,3-6,14-18H2,1-2H3,(H,30,33)(H,31,32). The van der Waals surface area contributed by atoms with Gasteiger partial charge in [-0.2, -0.15) is 0 Å². The zero-order chi connectivity index (χ0) is 26.3. The maximum absolute atomic E-state index is 13.2. The van der Waals surface area contributed by atoms with E-state index in [0.717, 1.165) is 44.1 Å². The monoisotopic (exact) mass is 552 g/mol. The number of amides is 2. The number of benzene rings is 2. The SMILES string of the molecule is CC(Cc1ccc(NC(=O)c2c(Cl)cccc2Cl)cc1)NC(=O)C1(CCCCS(C)(=O)=O)CCCC1. The van der Waals surface area contributed by atoms with Crippen LogP contribution in [0.5, 0.6) is 0 Å². The lowest BCUT2D eigenvalue weighted by molar-refractivity contribution is -0.132. The molecular weight excluding hydrogens is 519 g/mol. The molecule has 2 aromatic rings. The fourth-order valence-corrected chi connectivity index (χ4v) is 6.18. The average molecular weight is 554 g/mol. The second kappa shape index (κ2) is 12.4. The summed E-state index contributed by atoms with van der Waals surface area (Å²) < 4.78 is 22.8. The van der Waals surface area contributed by atoms with Crippen LogP contribution in [0.25, 0.3) is 0 Å². The lowest BCUT2D eigenvalue weighted by atomic mass is 9.80. The minimum atomic E-state index is -2.98. The highest BCUT2D eigenvalue weighted by atomic mass is 35.5. The van der Waals surface area contributed by atoms with Gasteiger partial charge in [-0.25, -0.2) is 8.42 Å². The zero-order valence-electron chi connectivity index (χ0n) is 20.8. The van der Waals surface area contributed by atoms with Crippen LogP contribution < -0.4 is 10.6 Å². The number of hydrogen-bond donors (Lipinski definition) is 2. The van der Waals surface area contributed by atoms with Crippen LogP contribution in [-0.4, -0.2) is 38.3 Å². The molecule has 2 N–H and O–H groups in total. The molecule has 0 saturated heterocycles. The van der Waals surface area contributed by atoms with Gasteiger partial charge in [-0.15, -0.1) is 0 Å². The van der Waals surface area contributed by atoms with Crippen molar-refractivity contribution in [1.82, 2.24) is 5.32 Å². The molecule has 1 saturated carbocycles. The summed E-state index contributed by atoms with van der Waals surface area (Å²) in [5.74, 6) is -0.132. The van der Waals surface area contributed by atoms with Gasteiger partial charge in [-0.3, -0.25) is 9.59 Å². The molecule has 1 aliphatic carbocycles. The first-order chi connectivity index (χ1) is 17.0. The van der Waals surface area contributed by atoms with E-state index in [2.05, 4.69) is 10.6 Å². The lowest BCUT2D eigenvalue weighted by Gasteiger charge is -2.29. The molecule has 9 heteroatoms. The van der Waals surface area contributed by atoms with Gasteiger partial charge in [0.05, 0.1) is 15.6 Å². The molecule has 0 bridgehead atoms. The first-order valence-electron chi connectivity index (χ1n) is 12.3. The van der Waals surface area contributed by atoms with Gasteiger partial charge in [0.25, 0.3) is 5.91 Å². The molecule has 0 aromatic heterocycles. The Balaban J connectivity index is 1.54. The number of sulfone groups is 1. The van der Waals surface area contributed by atoms with Crippen molar-refractivity contribution < 1.29 is 18.0 Å². The normalized spacial score (nSPS) is 15.9. The maximum Gasteiger partial charge on any atom is 0.258 e. The van der Waals surface area contributed by atoms with E-state index in [1.807, 2.05) is 31.2 Å². The van der Waals surface area contributed by atoms with Crippen LogP contribution in [0, 0.1) is 5.41 Å². The Labute approximate surface area is 224 Å². The smallest absolute Gasteiger partial charge is 0.258 e. The zero-order valence-corrected chi connectivity index (χ0v) is 23.1. The molecule has 0 radical (unpaired) electrons. The highest BCUT2D eigenvalue weighted by molar-refractivity contribution is 7.90. The van der Waals surface area contributed by atoms with Crippen molar-refractivity contribution >= 4 is 50.5 Å². The first kappa shape index (κ1) is 28.5. The van der Waals surface area contributed by atoms with Gasteiger partial charge >= 0.3 is 0 Å². The molecule has 0 heterocycles. The van der Waals surface area contributed by atoms with E-state index in [9.17, 15) is 18.0 Å². The van der Waals surface area contributed by atoms with Gasteiger partial charge in [0, 0.05) is 29.2 Å². The van der Waals surface area contributed by atoms with Crippen molar-refractivity contribution in [2.75, 3.05) is 17.3 Å². The number of hydrogen-bond acceptors (Lipinski definition) is 4. The van der Waals surface area contributed by atoms with Gasteiger partial charge in [0.1, 0.15) is 9.84 Å². The number of carbonyl (C=O) groups excluding carboxylic acids is 2. The Hall–Kier alpha value is -2.09. The lowest BCUT2D eigenvalue weighted by Crippen LogP contribution is -2.44. The highest BCUT2D eigenvalue weighted by Crippen LogP contribution is 2.42. The summed E-state index contributed by atoms with van der Waals surface area (Å²) in [6.45, 7) is 1.99. The van der Waals surface area contributed by atoms with Crippen LogP contribution in [0.3, 0.4) is 0 Å². The molecule has 0 aliphatic heterocycles. The molecule has 36 heavy (non-hydrogen) atoms. The summed E-state index contributed by atoms with van der Waals surface area (Å²) in [5, 5.41) is 6.58. The molecule has 0 spiro atoms. The number of carbonyl (C=O) groups is 2. The van der Waals surface area contributed by atoms with E-state index >= 15 is 0 Å². The summed E-state index contributed by atoms with van der Waals surface area (Å²) in [6, 6.07) is 12.3. The topological polar surface area (TPSA) is 92.3 Å². The summed E-state index contributed by atoms with van der Waals surface area (Å²) in [4.78, 5) is 25.8. The molecule has 1 unspecified atom stereocenters. The summed E-state index contributed by atoms with van der Waals surface area (Å²) >= 11 is 12.2. The molecule has 6 nitrogen and oxygen atoms in total. The van der Waals surface area contributed by atoms with Gasteiger partial charge in [0.15, 0.2) is 0 Å². The van der Waals surface area contributed by atoms with Crippen molar-refractivity contribution in [3.8, 4) is 0 Å². The Kier molecular flexibility index (Phi) is 9.84. The fraction of sp³-hybridized carbons (Fsp3) is 0.481. The first-order valence-corrected chi connectivity index (χ1v) is 15.1. The maximum atomic E-state index is 13.2. The fourth-order valence-electron chi connectivity index (χ4n) is 4.88. The van der Waals surface area contributed by atoms with Crippen molar-refractivity contribution in [1.29, 1.82) is 0 Å². The van der Waals surface area contributed by atoms with Crippen molar-refractivity contribution in [3.05, 3.63) is 63.6 Å². The minimum Gasteiger partial charge on any atom is -0.353 e. The molecule has 3 rings (SSSR count). The second-order valence-corrected chi connectivity index (χ2v) is 13.0. The van der Waals surface area contributed by atoms with E-state index in [1.54, 1.807) is 18.2 Å². The molecule has 2 amide bonds. The van der Waals surface area contributed by atoms with Crippen LogP contribution in [0.15, 0.2) is 42.5 Å². The molecule has 2 aromatic carbocycles. The van der Waals surface area contributed by atoms with E-state index in [-0.39, 0.29) is 44.6 Å². The third kappa shape index (κ3) is 7.95. The summed E-state index contributed by atoms with van der Waals surface area (Å²) in [5.41, 5.74) is 1.50. The largest absolute Gasteiger partial charge is 0.353 e. The molecule has 1 aliphatic rings. The van der Waals surface area contributed by atoms with Gasteiger partial charge in [-0.05, 0) is 68.9 Å². The Morgan fingerprint density at radius 2 is 1.61 bits per heavy atom. The van der Waals surface area contributed by atoms with Crippen LogP contribution in [-0.2, 0) is 21.1 Å². The quantitative estimate of drug-likeness (QED) is 0.331. The van der Waals surface area contributed by atoms with E-state index < -0.39 is 9.84 Å². The predicted octanol–water partition coefficient (Wildman–Crippen LogP) is 6.07. The number of anilines is 1. The van der Waals surface area contributed by atoms with E-state index in [1.165, 1.54) is 6.26 Å². The Morgan fingerprint density at radius 3 is 2.19 bits per heavy atom. The highest BCUT2D eigenvalue weighted by Gasteiger charge is 2.40. The Bertz CT molecular complexity index is 1160. The van der Waals surface area contributed by atoms with Gasteiger partial charge < -0.3 is 10.6 Å². The average Bonchev–Trinajstić information content (AvgIpc) is 3.27.